The lowest BCUT2D eigenvalue weighted by Gasteiger charge is -2.37. The largest absolute Gasteiger partial charge is 0.374 e. The summed E-state index contributed by atoms with van der Waals surface area (Å²) in [4.78, 5) is 30.9. The maximum Gasteiger partial charge on any atom is 0.333 e. The van der Waals surface area contributed by atoms with Crippen LogP contribution >= 0.6 is 11.3 Å². The van der Waals surface area contributed by atoms with Crippen LogP contribution in [0.25, 0.3) is 10.9 Å². The molecule has 10 nitrogen and oxygen atoms in total. The molecule has 0 amide bonds. The quantitative estimate of drug-likeness (QED) is 0.602. The van der Waals surface area contributed by atoms with Gasteiger partial charge in [0, 0.05) is 11.1 Å². The van der Waals surface area contributed by atoms with Gasteiger partial charge in [0.25, 0.3) is 5.56 Å². The molecule has 0 aliphatic carbocycles. The maximum absolute atomic E-state index is 13.3. The van der Waals surface area contributed by atoms with E-state index in [0.29, 0.717) is 4.88 Å². The molecule has 2 aromatic heterocycles. The Kier molecular flexibility index (Phi) is 4.43. The highest BCUT2D eigenvalue weighted by Gasteiger charge is 2.43. The number of nitrogens with zero attached hydrogens (tertiary/aromatic N) is 4. The van der Waals surface area contributed by atoms with Gasteiger partial charge in [0.2, 0.25) is 10.0 Å². The van der Waals surface area contributed by atoms with Crippen molar-refractivity contribution < 1.29 is 13.2 Å². The number of sulfonamides is 1. The van der Waals surface area contributed by atoms with Crippen molar-refractivity contribution in [2.24, 2.45) is 5.14 Å². The molecule has 4 rings (SSSR count). The molecule has 1 aromatic carbocycles. The van der Waals surface area contributed by atoms with E-state index in [0.717, 1.165) is 15.6 Å². The first-order valence-corrected chi connectivity index (χ1v) is 10.8. The third kappa shape index (κ3) is 3.08. The van der Waals surface area contributed by atoms with E-state index in [4.69, 9.17) is 9.88 Å². The molecule has 0 radical (unpaired) electrons. The predicted octanol–water partition coefficient (Wildman–Crippen LogP) is -0.127. The SMILES string of the molecule is Cc1ncc(Cn2c(=O)c3cc(S(N)(=O)=O)ccc3n(C3(C#N)COC3)c2=O)s1. The summed E-state index contributed by atoms with van der Waals surface area (Å²) in [5, 5.41) is 15.6. The van der Waals surface area contributed by atoms with Crippen LogP contribution in [0, 0.1) is 18.3 Å². The number of hydrogen-bond donors (Lipinski definition) is 1. The molecule has 0 atom stereocenters. The fourth-order valence-corrected chi connectivity index (χ4v) is 4.56. The third-order valence-electron chi connectivity index (χ3n) is 4.74. The second kappa shape index (κ2) is 6.60. The predicted molar refractivity (Wildman–Crippen MR) is 104 cm³/mol. The van der Waals surface area contributed by atoms with E-state index in [2.05, 4.69) is 11.1 Å². The van der Waals surface area contributed by atoms with Gasteiger partial charge in [-0.25, -0.2) is 23.3 Å². The zero-order chi connectivity index (χ0) is 21.0. The molecule has 1 fully saturated rings. The molecule has 0 bridgehead atoms. The minimum absolute atomic E-state index is 0.0205. The maximum atomic E-state index is 13.3. The Morgan fingerprint density at radius 2 is 2.10 bits per heavy atom. The van der Waals surface area contributed by atoms with Crippen LogP contribution in [0.15, 0.2) is 38.9 Å². The summed E-state index contributed by atoms with van der Waals surface area (Å²) in [5.41, 5.74) is -2.49. The number of primary sulfonamides is 1. The van der Waals surface area contributed by atoms with Gasteiger partial charge in [-0.15, -0.1) is 11.3 Å². The Balaban J connectivity index is 2.08. The van der Waals surface area contributed by atoms with Crippen molar-refractivity contribution in [2.75, 3.05) is 13.2 Å². The summed E-state index contributed by atoms with van der Waals surface area (Å²) in [6.07, 6.45) is 1.56. The molecule has 3 heterocycles. The van der Waals surface area contributed by atoms with Gasteiger partial charge in [0.1, 0.15) is 0 Å². The first-order valence-electron chi connectivity index (χ1n) is 8.39. The number of aromatic nitrogens is 3. The first-order chi connectivity index (χ1) is 13.7. The topological polar surface area (TPSA) is 150 Å². The van der Waals surface area contributed by atoms with Gasteiger partial charge in [0.05, 0.1) is 46.6 Å². The van der Waals surface area contributed by atoms with Crippen molar-refractivity contribution >= 4 is 32.3 Å². The van der Waals surface area contributed by atoms with Crippen LogP contribution in [-0.4, -0.2) is 35.7 Å². The van der Waals surface area contributed by atoms with E-state index >= 15 is 0 Å². The molecule has 0 unspecified atom stereocenters. The standard InChI is InChI=1S/C17H15N5O5S2/c1-10-20-5-11(28-10)6-21-15(23)13-4-12(29(19,25)26)2-3-14(13)22(16(21)24)17(7-18)8-27-9-17/h2-5H,6,8-9H2,1H3,(H2,19,25,26). The Morgan fingerprint density at radius 1 is 1.38 bits per heavy atom. The number of rotatable bonds is 4. The van der Waals surface area contributed by atoms with E-state index in [9.17, 15) is 23.3 Å². The number of aryl methyl sites for hydroxylation is 1. The van der Waals surface area contributed by atoms with Crippen LogP contribution in [0.4, 0.5) is 0 Å². The van der Waals surface area contributed by atoms with Crippen molar-refractivity contribution in [3.05, 3.63) is 55.1 Å². The van der Waals surface area contributed by atoms with Crippen LogP contribution < -0.4 is 16.4 Å². The Bertz CT molecular complexity index is 1410. The van der Waals surface area contributed by atoms with Crippen molar-refractivity contribution in [3.63, 3.8) is 0 Å². The van der Waals surface area contributed by atoms with Crippen molar-refractivity contribution in [1.82, 2.24) is 14.1 Å². The Morgan fingerprint density at radius 3 is 2.62 bits per heavy atom. The summed E-state index contributed by atoms with van der Waals surface area (Å²) in [6, 6.07) is 5.74. The number of ether oxygens (including phenoxy) is 1. The van der Waals surface area contributed by atoms with E-state index in [-0.39, 0.29) is 35.6 Å². The molecule has 1 aliphatic rings. The highest BCUT2D eigenvalue weighted by molar-refractivity contribution is 7.89. The Labute approximate surface area is 168 Å². The van der Waals surface area contributed by atoms with Crippen LogP contribution in [0.1, 0.15) is 9.88 Å². The van der Waals surface area contributed by atoms with E-state index < -0.39 is 26.8 Å². The molecule has 3 aromatic rings. The summed E-state index contributed by atoms with van der Waals surface area (Å²) in [6.45, 7) is 1.70. The average molecular weight is 433 g/mol. The zero-order valence-electron chi connectivity index (χ0n) is 15.2. The van der Waals surface area contributed by atoms with Gasteiger partial charge >= 0.3 is 5.69 Å². The number of benzene rings is 1. The summed E-state index contributed by atoms with van der Waals surface area (Å²) < 4.78 is 30.9. The van der Waals surface area contributed by atoms with Crippen molar-refractivity contribution in [1.29, 1.82) is 5.26 Å². The van der Waals surface area contributed by atoms with Crippen molar-refractivity contribution in [3.8, 4) is 6.07 Å². The highest BCUT2D eigenvalue weighted by Crippen LogP contribution is 2.28. The molecule has 29 heavy (non-hydrogen) atoms. The minimum Gasteiger partial charge on any atom is -0.374 e. The normalized spacial score (nSPS) is 15.8. The Hall–Kier alpha value is -2.85. The summed E-state index contributed by atoms with van der Waals surface area (Å²) >= 11 is 1.33. The fraction of sp³-hybridized carbons (Fsp3) is 0.294. The molecule has 2 N–H and O–H groups in total. The van der Waals surface area contributed by atoms with Gasteiger partial charge in [-0.05, 0) is 25.1 Å². The van der Waals surface area contributed by atoms with E-state index in [1.165, 1.54) is 28.0 Å². The lowest BCUT2D eigenvalue weighted by atomic mass is 9.98. The molecule has 0 spiro atoms. The van der Waals surface area contributed by atoms with Gasteiger partial charge in [0.15, 0.2) is 5.54 Å². The highest BCUT2D eigenvalue weighted by atomic mass is 32.2. The van der Waals surface area contributed by atoms with Crippen LogP contribution in [-0.2, 0) is 26.8 Å². The fourth-order valence-electron chi connectivity index (χ4n) is 3.24. The number of thiazole rings is 1. The van der Waals surface area contributed by atoms with Gasteiger partial charge in [-0.2, -0.15) is 5.26 Å². The molecule has 150 valence electrons. The van der Waals surface area contributed by atoms with Crippen LogP contribution in [0.3, 0.4) is 0 Å². The number of fused-ring (bicyclic) bond motifs is 1. The minimum atomic E-state index is -4.07. The second-order valence-corrected chi connectivity index (χ2v) is 9.60. The van der Waals surface area contributed by atoms with E-state index in [1.54, 1.807) is 13.1 Å². The summed E-state index contributed by atoms with van der Waals surface area (Å²) in [5.74, 6) is 0. The van der Waals surface area contributed by atoms with Crippen molar-refractivity contribution in [2.45, 2.75) is 23.9 Å². The number of nitrogens with two attached hydrogens (primary N) is 1. The molecular weight excluding hydrogens is 418 g/mol. The number of nitriles is 1. The number of hydrogen-bond acceptors (Lipinski definition) is 8. The van der Waals surface area contributed by atoms with Crippen LogP contribution in [0.2, 0.25) is 0 Å². The second-order valence-electron chi connectivity index (χ2n) is 6.72. The lowest BCUT2D eigenvalue weighted by molar-refractivity contribution is -0.0675. The van der Waals surface area contributed by atoms with Gasteiger partial charge < -0.3 is 4.74 Å². The molecule has 1 saturated heterocycles. The smallest absolute Gasteiger partial charge is 0.333 e. The monoisotopic (exact) mass is 433 g/mol. The molecule has 12 heteroatoms. The summed E-state index contributed by atoms with van der Waals surface area (Å²) in [7, 11) is -4.07. The van der Waals surface area contributed by atoms with E-state index in [1.807, 2.05) is 0 Å². The molecule has 0 saturated carbocycles. The zero-order valence-corrected chi connectivity index (χ0v) is 16.8. The van der Waals surface area contributed by atoms with Gasteiger partial charge in [-0.3, -0.25) is 13.9 Å². The molecule has 1 aliphatic heterocycles. The lowest BCUT2D eigenvalue weighted by Crippen LogP contribution is -2.57. The van der Waals surface area contributed by atoms with Crippen LogP contribution in [0.5, 0.6) is 0 Å². The average Bonchev–Trinajstić information content (AvgIpc) is 3.04. The van der Waals surface area contributed by atoms with Gasteiger partial charge in [-0.1, -0.05) is 0 Å². The first kappa shape index (κ1) is 19.5. The third-order valence-corrected chi connectivity index (χ3v) is 6.54. The molecular formula is C17H15N5O5S2.